The Bertz CT molecular complexity index is 650. The molecule has 0 atom stereocenters. The van der Waals surface area contributed by atoms with E-state index in [2.05, 4.69) is 15.0 Å². The van der Waals surface area contributed by atoms with E-state index in [0.29, 0.717) is 35.8 Å². The molecule has 2 rings (SSSR count). The van der Waals surface area contributed by atoms with E-state index in [1.165, 1.54) is 6.07 Å². The van der Waals surface area contributed by atoms with Gasteiger partial charge >= 0.3 is 0 Å². The van der Waals surface area contributed by atoms with Crippen molar-refractivity contribution in [3.05, 3.63) is 35.5 Å². The number of likely N-dealkylation sites (N-methyl/N-ethyl adjacent to an activating group) is 1. The van der Waals surface area contributed by atoms with Crippen molar-refractivity contribution in [1.82, 2.24) is 15.0 Å². The molecule has 0 bridgehead atoms. The van der Waals surface area contributed by atoms with Crippen LogP contribution in [0.2, 0.25) is 0 Å². The summed E-state index contributed by atoms with van der Waals surface area (Å²) in [4.78, 5) is 6.37. The van der Waals surface area contributed by atoms with Crippen LogP contribution in [0.5, 0.6) is 0 Å². The molecule has 1 N–H and O–H groups in total. The first-order valence-corrected chi connectivity index (χ1v) is 7.74. The predicted molar refractivity (Wildman–Crippen MR) is 86.5 cm³/mol. The Balaban J connectivity index is 1.89. The number of benzene rings is 1. The third-order valence-corrected chi connectivity index (χ3v) is 3.49. The topological polar surface area (TPSA) is 62.4 Å². The fourth-order valence-electron chi connectivity index (χ4n) is 2.45. The number of rotatable bonds is 7. The number of halogens is 1. The summed E-state index contributed by atoms with van der Waals surface area (Å²) in [5, 5.41) is 13.7. The van der Waals surface area contributed by atoms with Crippen LogP contribution in [0.25, 0.3) is 11.4 Å². The highest BCUT2D eigenvalue weighted by Crippen LogP contribution is 2.19. The molecule has 0 aliphatic heterocycles. The van der Waals surface area contributed by atoms with Gasteiger partial charge in [0.1, 0.15) is 5.82 Å². The van der Waals surface area contributed by atoms with E-state index in [0.717, 1.165) is 13.0 Å². The number of aryl methyl sites for hydroxylation is 2. The molecule has 0 saturated carbocycles. The zero-order chi connectivity index (χ0) is 17.0. The third kappa shape index (κ3) is 5.41. The minimum Gasteiger partial charge on any atom is -0.389 e. The average molecular weight is 321 g/mol. The quantitative estimate of drug-likeness (QED) is 0.849. The van der Waals surface area contributed by atoms with Crippen molar-refractivity contribution in [3.63, 3.8) is 0 Å². The lowest BCUT2D eigenvalue weighted by Crippen LogP contribution is -2.36. The van der Waals surface area contributed by atoms with Gasteiger partial charge in [-0.25, -0.2) is 4.39 Å². The molecule has 126 valence electrons. The van der Waals surface area contributed by atoms with Crippen molar-refractivity contribution in [2.75, 3.05) is 20.1 Å². The maximum atomic E-state index is 13.6. The molecule has 0 aliphatic rings. The van der Waals surface area contributed by atoms with Gasteiger partial charge in [-0.15, -0.1) is 0 Å². The number of hydrogen-bond acceptors (Lipinski definition) is 5. The van der Waals surface area contributed by atoms with E-state index in [1.807, 2.05) is 7.05 Å². The van der Waals surface area contributed by atoms with Gasteiger partial charge in [0.2, 0.25) is 11.7 Å². The highest BCUT2D eigenvalue weighted by atomic mass is 19.1. The van der Waals surface area contributed by atoms with Crippen molar-refractivity contribution in [2.45, 2.75) is 39.2 Å². The summed E-state index contributed by atoms with van der Waals surface area (Å²) in [5.41, 5.74) is 0.497. The molecule has 0 radical (unpaired) electrons. The first kappa shape index (κ1) is 17.6. The van der Waals surface area contributed by atoms with Crippen LogP contribution in [0.4, 0.5) is 4.39 Å². The Labute approximate surface area is 136 Å². The molecule has 1 aromatic carbocycles. The van der Waals surface area contributed by atoms with Crippen LogP contribution in [0.3, 0.4) is 0 Å². The Hall–Kier alpha value is -1.79. The fraction of sp³-hybridized carbons (Fsp3) is 0.529. The molecule has 0 aliphatic carbocycles. The number of aromatic nitrogens is 2. The van der Waals surface area contributed by atoms with Crippen LogP contribution in [0.1, 0.15) is 31.7 Å². The second kappa shape index (κ2) is 7.19. The number of hydrogen-bond donors (Lipinski definition) is 1. The van der Waals surface area contributed by atoms with Gasteiger partial charge in [-0.2, -0.15) is 4.98 Å². The van der Waals surface area contributed by atoms with Crippen molar-refractivity contribution >= 4 is 0 Å². The molecule has 0 fully saturated rings. The van der Waals surface area contributed by atoms with Gasteiger partial charge in [-0.3, -0.25) is 0 Å². The molecule has 0 unspecified atom stereocenters. The molecular weight excluding hydrogens is 297 g/mol. The van der Waals surface area contributed by atoms with Crippen LogP contribution < -0.4 is 0 Å². The summed E-state index contributed by atoms with van der Waals surface area (Å²) >= 11 is 0. The minimum atomic E-state index is -0.706. The highest BCUT2D eigenvalue weighted by Gasteiger charge is 2.15. The number of aliphatic hydroxyl groups is 1. The predicted octanol–water partition coefficient (Wildman–Crippen LogP) is 2.82. The van der Waals surface area contributed by atoms with E-state index in [4.69, 9.17) is 4.52 Å². The summed E-state index contributed by atoms with van der Waals surface area (Å²) in [6.45, 7) is 6.71. The van der Waals surface area contributed by atoms with Gasteiger partial charge in [0.25, 0.3) is 0 Å². The molecule has 0 saturated heterocycles. The lowest BCUT2D eigenvalue weighted by atomic mass is 10.1. The highest BCUT2D eigenvalue weighted by molar-refractivity contribution is 5.54. The van der Waals surface area contributed by atoms with Crippen LogP contribution in [0, 0.1) is 12.7 Å². The van der Waals surface area contributed by atoms with Gasteiger partial charge in [-0.05, 0) is 52.4 Å². The van der Waals surface area contributed by atoms with E-state index in [9.17, 15) is 9.50 Å². The van der Waals surface area contributed by atoms with E-state index < -0.39 is 5.60 Å². The normalized spacial score (nSPS) is 12.1. The molecular formula is C17H24FN3O2. The van der Waals surface area contributed by atoms with Crippen molar-refractivity contribution in [3.8, 4) is 11.4 Å². The Morgan fingerprint density at radius 2 is 2.09 bits per heavy atom. The first-order valence-electron chi connectivity index (χ1n) is 7.74. The SMILES string of the molecule is Cc1ccc(-c2noc(CCCN(C)CC(C)(C)O)n2)cc1F. The number of nitrogens with zero attached hydrogens (tertiary/aromatic N) is 3. The second-order valence-electron chi connectivity index (χ2n) is 6.63. The van der Waals surface area contributed by atoms with Gasteiger partial charge in [-0.1, -0.05) is 17.3 Å². The van der Waals surface area contributed by atoms with E-state index >= 15 is 0 Å². The largest absolute Gasteiger partial charge is 0.389 e. The first-order chi connectivity index (χ1) is 10.7. The maximum Gasteiger partial charge on any atom is 0.227 e. The Morgan fingerprint density at radius 1 is 1.35 bits per heavy atom. The summed E-state index contributed by atoms with van der Waals surface area (Å²) in [5.74, 6) is 0.670. The minimum absolute atomic E-state index is 0.276. The Morgan fingerprint density at radius 3 is 2.74 bits per heavy atom. The maximum absolute atomic E-state index is 13.6. The van der Waals surface area contributed by atoms with Gasteiger partial charge < -0.3 is 14.5 Å². The summed E-state index contributed by atoms with van der Waals surface area (Å²) in [6.07, 6.45) is 1.49. The second-order valence-corrected chi connectivity index (χ2v) is 6.63. The van der Waals surface area contributed by atoms with Gasteiger partial charge in [0, 0.05) is 18.5 Å². The molecule has 1 heterocycles. The monoisotopic (exact) mass is 321 g/mol. The van der Waals surface area contributed by atoms with Crippen LogP contribution >= 0.6 is 0 Å². The van der Waals surface area contributed by atoms with Crippen molar-refractivity contribution < 1.29 is 14.0 Å². The molecule has 2 aromatic rings. The van der Waals surface area contributed by atoms with Gasteiger partial charge in [0.15, 0.2) is 0 Å². The summed E-state index contributed by atoms with van der Waals surface area (Å²) in [6, 6.07) is 4.90. The van der Waals surface area contributed by atoms with Gasteiger partial charge in [0.05, 0.1) is 5.60 Å². The third-order valence-electron chi connectivity index (χ3n) is 3.49. The summed E-state index contributed by atoms with van der Waals surface area (Å²) in [7, 11) is 1.96. The molecule has 23 heavy (non-hydrogen) atoms. The van der Waals surface area contributed by atoms with Crippen molar-refractivity contribution in [1.29, 1.82) is 0 Å². The van der Waals surface area contributed by atoms with Crippen LogP contribution in [-0.4, -0.2) is 45.9 Å². The van der Waals surface area contributed by atoms with E-state index in [-0.39, 0.29) is 5.82 Å². The lowest BCUT2D eigenvalue weighted by Gasteiger charge is -2.25. The average Bonchev–Trinajstić information content (AvgIpc) is 2.88. The van der Waals surface area contributed by atoms with Crippen LogP contribution in [-0.2, 0) is 6.42 Å². The smallest absolute Gasteiger partial charge is 0.227 e. The molecule has 1 aromatic heterocycles. The van der Waals surface area contributed by atoms with E-state index in [1.54, 1.807) is 32.9 Å². The molecule has 6 heteroatoms. The molecule has 0 amide bonds. The molecule has 0 spiro atoms. The lowest BCUT2D eigenvalue weighted by molar-refractivity contribution is 0.0443. The zero-order valence-corrected chi connectivity index (χ0v) is 14.1. The molecule has 5 nitrogen and oxygen atoms in total. The van der Waals surface area contributed by atoms with Crippen LogP contribution in [0.15, 0.2) is 22.7 Å². The zero-order valence-electron chi connectivity index (χ0n) is 14.1. The fourth-order valence-corrected chi connectivity index (χ4v) is 2.45. The standard InChI is InChI=1S/C17H24FN3O2/c1-12-7-8-13(10-14(12)18)16-19-15(23-20-16)6-5-9-21(4)11-17(2,3)22/h7-8,10,22H,5-6,9,11H2,1-4H3. The Kier molecular flexibility index (Phi) is 5.49. The van der Waals surface area contributed by atoms with Crippen molar-refractivity contribution in [2.24, 2.45) is 0 Å². The summed E-state index contributed by atoms with van der Waals surface area (Å²) < 4.78 is 18.8.